The SMILES string of the molecule is CC1CCCCN1CCC=S. The van der Waals surface area contributed by atoms with E-state index in [9.17, 15) is 0 Å². The highest BCUT2D eigenvalue weighted by atomic mass is 32.1. The number of hydrogen-bond donors (Lipinski definition) is 0. The second-order valence-electron chi connectivity index (χ2n) is 3.34. The Balaban J connectivity index is 2.23. The van der Waals surface area contributed by atoms with Gasteiger partial charge in [-0.15, -0.1) is 0 Å². The first-order chi connectivity index (χ1) is 5.34. The average Bonchev–Trinajstić information content (AvgIpc) is 2.03. The van der Waals surface area contributed by atoms with Crippen LogP contribution in [0.1, 0.15) is 32.6 Å². The normalized spacial score (nSPS) is 26.8. The summed E-state index contributed by atoms with van der Waals surface area (Å²) in [5, 5.41) is 1.85. The molecule has 64 valence electrons. The highest BCUT2D eigenvalue weighted by Crippen LogP contribution is 2.15. The number of rotatable bonds is 3. The molecule has 0 N–H and O–H groups in total. The van der Waals surface area contributed by atoms with Crippen LogP contribution in [0.4, 0.5) is 0 Å². The van der Waals surface area contributed by atoms with Crippen molar-refractivity contribution in [3.05, 3.63) is 0 Å². The summed E-state index contributed by atoms with van der Waals surface area (Å²) >= 11 is 4.81. The molecule has 0 aromatic rings. The third-order valence-electron chi connectivity index (χ3n) is 2.47. The fraction of sp³-hybridized carbons (Fsp3) is 0.889. The first kappa shape index (κ1) is 9.14. The van der Waals surface area contributed by atoms with Gasteiger partial charge in [0.2, 0.25) is 0 Å². The molecule has 1 rings (SSSR count). The van der Waals surface area contributed by atoms with E-state index < -0.39 is 0 Å². The minimum absolute atomic E-state index is 0.790. The summed E-state index contributed by atoms with van der Waals surface area (Å²) in [6.45, 7) is 4.78. The van der Waals surface area contributed by atoms with Gasteiger partial charge in [-0.3, -0.25) is 0 Å². The van der Waals surface area contributed by atoms with Gasteiger partial charge in [0.15, 0.2) is 0 Å². The number of piperidine rings is 1. The molecule has 0 saturated carbocycles. The number of thiocarbonyl (C=S) groups is 1. The van der Waals surface area contributed by atoms with Gasteiger partial charge >= 0.3 is 0 Å². The Morgan fingerprint density at radius 1 is 1.55 bits per heavy atom. The second kappa shape index (κ2) is 4.83. The highest BCUT2D eigenvalue weighted by molar-refractivity contribution is 7.78. The summed E-state index contributed by atoms with van der Waals surface area (Å²) in [4.78, 5) is 2.55. The zero-order valence-electron chi connectivity index (χ0n) is 7.25. The molecule has 1 aliphatic heterocycles. The van der Waals surface area contributed by atoms with E-state index in [1.807, 2.05) is 5.37 Å². The summed E-state index contributed by atoms with van der Waals surface area (Å²) in [7, 11) is 0. The fourth-order valence-electron chi connectivity index (χ4n) is 1.71. The summed E-state index contributed by atoms with van der Waals surface area (Å²) in [5.41, 5.74) is 0. The third kappa shape index (κ3) is 2.88. The third-order valence-corrected chi connectivity index (χ3v) is 2.71. The lowest BCUT2D eigenvalue weighted by Crippen LogP contribution is -2.38. The predicted octanol–water partition coefficient (Wildman–Crippen LogP) is 2.25. The van der Waals surface area contributed by atoms with Crippen molar-refractivity contribution in [1.29, 1.82) is 0 Å². The fourth-order valence-corrected chi connectivity index (χ4v) is 1.81. The molecule has 0 aromatic carbocycles. The van der Waals surface area contributed by atoms with Gasteiger partial charge < -0.3 is 4.90 Å². The van der Waals surface area contributed by atoms with Gasteiger partial charge in [-0.25, -0.2) is 0 Å². The van der Waals surface area contributed by atoms with Crippen molar-refractivity contribution in [2.75, 3.05) is 13.1 Å². The molecule has 0 amide bonds. The van der Waals surface area contributed by atoms with Crippen LogP contribution < -0.4 is 0 Å². The second-order valence-corrected chi connectivity index (χ2v) is 3.67. The van der Waals surface area contributed by atoms with Gasteiger partial charge in [0.1, 0.15) is 0 Å². The van der Waals surface area contributed by atoms with E-state index in [0.717, 1.165) is 12.5 Å². The number of likely N-dealkylation sites (tertiary alicyclic amines) is 1. The van der Waals surface area contributed by atoms with Crippen LogP contribution in [0.25, 0.3) is 0 Å². The zero-order chi connectivity index (χ0) is 8.10. The first-order valence-corrected chi connectivity index (χ1v) is 4.99. The van der Waals surface area contributed by atoms with Crippen molar-refractivity contribution in [2.45, 2.75) is 38.6 Å². The lowest BCUT2D eigenvalue weighted by Gasteiger charge is -2.32. The van der Waals surface area contributed by atoms with Crippen LogP contribution in [0.2, 0.25) is 0 Å². The van der Waals surface area contributed by atoms with Crippen molar-refractivity contribution in [3.63, 3.8) is 0 Å². The zero-order valence-corrected chi connectivity index (χ0v) is 8.07. The van der Waals surface area contributed by atoms with E-state index in [1.165, 1.54) is 32.4 Å². The average molecular weight is 171 g/mol. The Labute approximate surface area is 74.8 Å². The molecule has 0 aliphatic carbocycles. The van der Waals surface area contributed by atoms with Crippen molar-refractivity contribution < 1.29 is 0 Å². The molecule has 0 aromatic heterocycles. The Kier molecular flexibility index (Phi) is 4.02. The van der Waals surface area contributed by atoms with Crippen LogP contribution in [-0.2, 0) is 0 Å². The molecule has 1 unspecified atom stereocenters. The van der Waals surface area contributed by atoms with Crippen LogP contribution in [0.15, 0.2) is 0 Å². The molecule has 0 spiro atoms. The van der Waals surface area contributed by atoms with E-state index >= 15 is 0 Å². The van der Waals surface area contributed by atoms with E-state index in [2.05, 4.69) is 11.8 Å². The lowest BCUT2D eigenvalue weighted by molar-refractivity contribution is 0.166. The van der Waals surface area contributed by atoms with E-state index in [0.29, 0.717) is 0 Å². The molecule has 1 saturated heterocycles. The van der Waals surface area contributed by atoms with Crippen LogP contribution in [0.3, 0.4) is 0 Å². The molecule has 0 bridgehead atoms. The molecule has 11 heavy (non-hydrogen) atoms. The Bertz CT molecular complexity index is 125. The molecule has 1 nitrogen and oxygen atoms in total. The Morgan fingerprint density at radius 3 is 3.00 bits per heavy atom. The monoisotopic (exact) mass is 171 g/mol. The molecule has 1 atom stereocenters. The maximum Gasteiger partial charge on any atom is 0.00670 e. The minimum Gasteiger partial charge on any atom is -0.300 e. The molecule has 1 fully saturated rings. The van der Waals surface area contributed by atoms with E-state index in [-0.39, 0.29) is 0 Å². The Hall–Kier alpha value is 0.0500. The largest absolute Gasteiger partial charge is 0.300 e. The lowest BCUT2D eigenvalue weighted by atomic mass is 10.0. The molecule has 1 aliphatic rings. The first-order valence-electron chi connectivity index (χ1n) is 4.52. The minimum atomic E-state index is 0.790. The molecular weight excluding hydrogens is 154 g/mol. The number of nitrogens with zero attached hydrogens (tertiary/aromatic N) is 1. The quantitative estimate of drug-likeness (QED) is 0.599. The Morgan fingerprint density at radius 2 is 2.36 bits per heavy atom. The standard InChI is InChI=1S/C9H17NS/c1-9-5-2-3-6-10(9)7-4-8-11/h8-9H,2-7H2,1H3. The predicted molar refractivity (Wildman–Crippen MR) is 53.2 cm³/mol. The maximum atomic E-state index is 4.81. The van der Waals surface area contributed by atoms with Crippen molar-refractivity contribution in [3.8, 4) is 0 Å². The molecule has 2 heteroatoms. The maximum absolute atomic E-state index is 4.81. The molecular formula is C9H17NS. The van der Waals surface area contributed by atoms with Gasteiger partial charge in [-0.05, 0) is 38.1 Å². The smallest absolute Gasteiger partial charge is 0.00670 e. The van der Waals surface area contributed by atoms with Crippen LogP contribution in [0, 0.1) is 0 Å². The van der Waals surface area contributed by atoms with Crippen LogP contribution in [0.5, 0.6) is 0 Å². The summed E-state index contributed by atoms with van der Waals surface area (Å²) in [6, 6.07) is 0.790. The molecule has 0 radical (unpaired) electrons. The summed E-state index contributed by atoms with van der Waals surface area (Å²) < 4.78 is 0. The highest BCUT2D eigenvalue weighted by Gasteiger charge is 2.16. The van der Waals surface area contributed by atoms with Crippen LogP contribution in [-0.4, -0.2) is 29.4 Å². The van der Waals surface area contributed by atoms with E-state index in [4.69, 9.17) is 12.2 Å². The molecule has 1 heterocycles. The van der Waals surface area contributed by atoms with Crippen molar-refractivity contribution in [2.24, 2.45) is 0 Å². The van der Waals surface area contributed by atoms with Gasteiger partial charge in [-0.1, -0.05) is 18.6 Å². The topological polar surface area (TPSA) is 3.24 Å². The van der Waals surface area contributed by atoms with Gasteiger partial charge in [0.05, 0.1) is 0 Å². The summed E-state index contributed by atoms with van der Waals surface area (Å²) in [5.74, 6) is 0. The van der Waals surface area contributed by atoms with Gasteiger partial charge in [0, 0.05) is 12.6 Å². The summed E-state index contributed by atoms with van der Waals surface area (Å²) in [6.07, 6.45) is 5.23. The van der Waals surface area contributed by atoms with Crippen molar-refractivity contribution in [1.82, 2.24) is 4.90 Å². The van der Waals surface area contributed by atoms with Crippen molar-refractivity contribution >= 4 is 17.6 Å². The van der Waals surface area contributed by atoms with Gasteiger partial charge in [0.25, 0.3) is 0 Å². The van der Waals surface area contributed by atoms with E-state index in [1.54, 1.807) is 0 Å². The van der Waals surface area contributed by atoms with Crippen LogP contribution >= 0.6 is 12.2 Å². The number of hydrogen-bond acceptors (Lipinski definition) is 2. The van der Waals surface area contributed by atoms with Gasteiger partial charge in [-0.2, -0.15) is 0 Å².